The molecule has 0 spiro atoms. The van der Waals surface area contributed by atoms with Crippen molar-refractivity contribution >= 4 is 5.91 Å². The van der Waals surface area contributed by atoms with Gasteiger partial charge in [-0.05, 0) is 42.4 Å². The van der Waals surface area contributed by atoms with Crippen LogP contribution in [-0.2, 0) is 11.2 Å². The molecule has 5 nitrogen and oxygen atoms in total. The van der Waals surface area contributed by atoms with Crippen molar-refractivity contribution in [2.75, 3.05) is 7.11 Å². The van der Waals surface area contributed by atoms with Gasteiger partial charge in [-0.3, -0.25) is 4.79 Å². The van der Waals surface area contributed by atoms with Crippen LogP contribution in [0.4, 0.5) is 0 Å². The smallest absolute Gasteiger partial charge is 0.224 e. The molecule has 25 heavy (non-hydrogen) atoms. The van der Waals surface area contributed by atoms with Gasteiger partial charge in [-0.2, -0.15) is 0 Å². The third-order valence-corrected chi connectivity index (χ3v) is 4.88. The van der Waals surface area contributed by atoms with E-state index in [1.54, 1.807) is 19.4 Å². The maximum atomic E-state index is 12.6. The first-order valence-corrected chi connectivity index (χ1v) is 8.58. The normalized spacial score (nSPS) is 20.4. The summed E-state index contributed by atoms with van der Waals surface area (Å²) in [7, 11) is 1.58. The molecule has 0 aliphatic heterocycles. The van der Waals surface area contributed by atoms with E-state index in [1.165, 1.54) is 0 Å². The first-order valence-electron chi connectivity index (χ1n) is 8.58. The summed E-state index contributed by atoms with van der Waals surface area (Å²) in [5.74, 6) is 0.755. The number of aryl methyl sites for hydroxylation is 1. The highest BCUT2D eigenvalue weighted by molar-refractivity contribution is 5.79. The van der Waals surface area contributed by atoms with E-state index in [9.17, 15) is 9.90 Å². The van der Waals surface area contributed by atoms with Gasteiger partial charge in [-0.1, -0.05) is 30.3 Å². The molecular weight excluding hydrogens is 316 g/mol. The van der Waals surface area contributed by atoms with Gasteiger partial charge < -0.3 is 15.2 Å². The molecule has 2 aromatic rings. The number of carbonyl (C=O) groups is 1. The molecule has 1 heterocycles. The Kier molecular flexibility index (Phi) is 5.34. The molecule has 1 fully saturated rings. The van der Waals surface area contributed by atoms with E-state index in [1.807, 2.05) is 37.3 Å². The minimum atomic E-state index is -0.271. The number of benzene rings is 1. The molecule has 1 saturated carbocycles. The molecule has 5 heteroatoms. The Labute approximate surface area is 148 Å². The standard InChI is InChI=1S/C20H24N2O3/c1-13-5-3-4-6-14(13)11-18(24)22-20(16-9-17(23)10-16)15-7-8-19(25-2)21-12-15/h3-8,12,16-17,20,23H,9-11H2,1-2H3,(H,22,24)/t16?,17?,20-/m0/s1. The Bertz CT molecular complexity index is 724. The van der Waals surface area contributed by atoms with Gasteiger partial charge in [0.1, 0.15) is 0 Å². The number of rotatable bonds is 6. The Balaban J connectivity index is 1.73. The summed E-state index contributed by atoms with van der Waals surface area (Å²) in [5, 5.41) is 12.8. The lowest BCUT2D eigenvalue weighted by atomic mass is 9.75. The number of pyridine rings is 1. The van der Waals surface area contributed by atoms with Gasteiger partial charge in [-0.25, -0.2) is 4.98 Å². The average Bonchev–Trinajstić information content (AvgIpc) is 2.59. The van der Waals surface area contributed by atoms with Crippen LogP contribution in [0.3, 0.4) is 0 Å². The van der Waals surface area contributed by atoms with Crippen molar-refractivity contribution in [1.29, 1.82) is 0 Å². The van der Waals surface area contributed by atoms with Crippen LogP contribution in [0.5, 0.6) is 5.88 Å². The van der Waals surface area contributed by atoms with Gasteiger partial charge in [0.15, 0.2) is 0 Å². The van der Waals surface area contributed by atoms with Gasteiger partial charge >= 0.3 is 0 Å². The highest BCUT2D eigenvalue weighted by Crippen LogP contribution is 2.38. The van der Waals surface area contributed by atoms with E-state index in [0.29, 0.717) is 25.1 Å². The Hall–Kier alpha value is -2.40. The van der Waals surface area contributed by atoms with E-state index in [0.717, 1.165) is 16.7 Å². The number of aliphatic hydroxyl groups is 1. The minimum Gasteiger partial charge on any atom is -0.481 e. The van der Waals surface area contributed by atoms with Crippen molar-refractivity contribution in [3.8, 4) is 5.88 Å². The van der Waals surface area contributed by atoms with Crippen LogP contribution in [0, 0.1) is 12.8 Å². The predicted molar refractivity (Wildman–Crippen MR) is 95.3 cm³/mol. The zero-order chi connectivity index (χ0) is 17.8. The molecule has 1 amide bonds. The van der Waals surface area contributed by atoms with E-state index >= 15 is 0 Å². The number of nitrogens with one attached hydrogen (secondary N) is 1. The number of aromatic nitrogens is 1. The molecule has 1 aliphatic carbocycles. The molecule has 1 atom stereocenters. The highest BCUT2D eigenvalue weighted by Gasteiger charge is 2.35. The van der Waals surface area contributed by atoms with Crippen LogP contribution in [0.1, 0.15) is 35.6 Å². The van der Waals surface area contributed by atoms with E-state index in [2.05, 4.69) is 10.3 Å². The second-order valence-electron chi connectivity index (χ2n) is 6.67. The second-order valence-corrected chi connectivity index (χ2v) is 6.67. The monoisotopic (exact) mass is 340 g/mol. The zero-order valence-electron chi connectivity index (χ0n) is 14.6. The molecule has 2 N–H and O–H groups in total. The van der Waals surface area contributed by atoms with Gasteiger partial charge in [0.25, 0.3) is 0 Å². The lowest BCUT2D eigenvalue weighted by Gasteiger charge is -2.38. The van der Waals surface area contributed by atoms with Crippen LogP contribution >= 0.6 is 0 Å². The third-order valence-electron chi connectivity index (χ3n) is 4.88. The number of nitrogens with zero attached hydrogens (tertiary/aromatic N) is 1. The van der Waals surface area contributed by atoms with Crippen molar-refractivity contribution in [3.05, 3.63) is 59.3 Å². The number of hydrogen-bond acceptors (Lipinski definition) is 4. The number of methoxy groups -OCH3 is 1. The summed E-state index contributed by atoms with van der Waals surface area (Å²) in [6.07, 6.45) is 3.21. The number of carbonyl (C=O) groups excluding carboxylic acids is 1. The second kappa shape index (κ2) is 7.66. The summed E-state index contributed by atoms with van der Waals surface area (Å²) in [6, 6.07) is 11.5. The van der Waals surface area contributed by atoms with Crippen molar-refractivity contribution in [3.63, 3.8) is 0 Å². The van der Waals surface area contributed by atoms with Gasteiger partial charge in [0.05, 0.1) is 25.7 Å². The quantitative estimate of drug-likeness (QED) is 0.848. The van der Waals surface area contributed by atoms with Crippen LogP contribution in [0.15, 0.2) is 42.6 Å². The molecule has 132 valence electrons. The van der Waals surface area contributed by atoms with Crippen LogP contribution in [-0.4, -0.2) is 29.2 Å². The SMILES string of the molecule is COc1ccc([C@H](NC(=O)Cc2ccccc2C)C2CC(O)C2)cn1. The third kappa shape index (κ3) is 4.17. The number of ether oxygens (including phenoxy) is 1. The van der Waals surface area contributed by atoms with Crippen molar-refractivity contribution in [2.45, 2.75) is 38.3 Å². The van der Waals surface area contributed by atoms with Crippen LogP contribution in [0.2, 0.25) is 0 Å². The summed E-state index contributed by atoms with van der Waals surface area (Å²) < 4.78 is 5.10. The Morgan fingerprint density at radius 3 is 2.68 bits per heavy atom. The molecule has 0 radical (unpaired) electrons. The van der Waals surface area contributed by atoms with Crippen molar-refractivity contribution < 1.29 is 14.6 Å². The fourth-order valence-electron chi connectivity index (χ4n) is 3.28. The lowest BCUT2D eigenvalue weighted by molar-refractivity contribution is -0.122. The van der Waals surface area contributed by atoms with Gasteiger partial charge in [0.2, 0.25) is 11.8 Å². The van der Waals surface area contributed by atoms with Crippen LogP contribution < -0.4 is 10.1 Å². The highest BCUT2D eigenvalue weighted by atomic mass is 16.5. The fourth-order valence-corrected chi connectivity index (χ4v) is 3.28. The summed E-state index contributed by atoms with van der Waals surface area (Å²) in [4.78, 5) is 16.8. The Morgan fingerprint density at radius 1 is 1.32 bits per heavy atom. The van der Waals surface area contributed by atoms with Crippen LogP contribution in [0.25, 0.3) is 0 Å². The topological polar surface area (TPSA) is 71.5 Å². The first kappa shape index (κ1) is 17.4. The summed E-state index contributed by atoms with van der Waals surface area (Å²) in [6.45, 7) is 2.01. The van der Waals surface area contributed by atoms with Gasteiger partial charge in [-0.15, -0.1) is 0 Å². The molecule has 0 unspecified atom stereocenters. The zero-order valence-corrected chi connectivity index (χ0v) is 14.6. The molecule has 0 saturated heterocycles. The van der Waals surface area contributed by atoms with Gasteiger partial charge in [0, 0.05) is 12.3 Å². The molecule has 1 aromatic carbocycles. The maximum absolute atomic E-state index is 12.6. The predicted octanol–water partition coefficient (Wildman–Crippen LogP) is 2.57. The average molecular weight is 340 g/mol. The first-order chi connectivity index (χ1) is 12.1. The van der Waals surface area contributed by atoms with E-state index in [-0.39, 0.29) is 24.0 Å². The fraction of sp³-hybridized carbons (Fsp3) is 0.400. The number of aliphatic hydroxyl groups excluding tert-OH is 1. The molecule has 0 bridgehead atoms. The number of amides is 1. The largest absolute Gasteiger partial charge is 0.481 e. The number of hydrogen-bond donors (Lipinski definition) is 2. The summed E-state index contributed by atoms with van der Waals surface area (Å²) in [5.41, 5.74) is 3.08. The Morgan fingerprint density at radius 2 is 2.08 bits per heavy atom. The molecular formula is C20H24N2O3. The molecule has 1 aliphatic rings. The summed E-state index contributed by atoms with van der Waals surface area (Å²) >= 11 is 0. The molecule has 1 aromatic heterocycles. The lowest BCUT2D eigenvalue weighted by Crippen LogP contribution is -2.42. The van der Waals surface area contributed by atoms with E-state index in [4.69, 9.17) is 4.74 Å². The molecule has 3 rings (SSSR count). The minimum absolute atomic E-state index is 0.0171. The van der Waals surface area contributed by atoms with Crippen molar-refractivity contribution in [1.82, 2.24) is 10.3 Å². The van der Waals surface area contributed by atoms with E-state index < -0.39 is 0 Å². The van der Waals surface area contributed by atoms with Crippen molar-refractivity contribution in [2.24, 2.45) is 5.92 Å². The maximum Gasteiger partial charge on any atom is 0.224 e.